The van der Waals surface area contributed by atoms with Crippen LogP contribution in [0.1, 0.15) is 26.7 Å². The summed E-state index contributed by atoms with van der Waals surface area (Å²) in [6, 6.07) is 0.543. The lowest BCUT2D eigenvalue weighted by atomic mass is 10.2. The molecule has 0 saturated heterocycles. The van der Waals surface area contributed by atoms with E-state index in [2.05, 4.69) is 29.5 Å². The van der Waals surface area contributed by atoms with Crippen molar-refractivity contribution in [1.82, 2.24) is 10.6 Å². The van der Waals surface area contributed by atoms with Crippen molar-refractivity contribution >= 4 is 5.96 Å². The summed E-state index contributed by atoms with van der Waals surface area (Å²) >= 11 is 0. The Morgan fingerprint density at radius 1 is 1.36 bits per heavy atom. The van der Waals surface area contributed by atoms with Crippen molar-refractivity contribution in [1.29, 1.82) is 0 Å². The molecule has 0 aliphatic carbocycles. The molecule has 2 N–H and O–H groups in total. The number of hydrogen-bond donors (Lipinski definition) is 2. The SMILES string of the molecule is CCC(CC)NC(=NC)NC. The van der Waals surface area contributed by atoms with Crippen LogP contribution in [0.2, 0.25) is 0 Å². The molecule has 0 saturated carbocycles. The molecule has 0 bridgehead atoms. The zero-order valence-electron chi connectivity index (χ0n) is 7.94. The Morgan fingerprint density at radius 3 is 2.18 bits per heavy atom. The fourth-order valence-electron chi connectivity index (χ4n) is 0.935. The molecule has 0 unspecified atom stereocenters. The number of rotatable bonds is 3. The van der Waals surface area contributed by atoms with E-state index in [-0.39, 0.29) is 0 Å². The minimum absolute atomic E-state index is 0.543. The monoisotopic (exact) mass is 157 g/mol. The lowest BCUT2D eigenvalue weighted by Gasteiger charge is -2.16. The summed E-state index contributed by atoms with van der Waals surface area (Å²) in [5, 5.41) is 6.28. The summed E-state index contributed by atoms with van der Waals surface area (Å²) in [7, 11) is 3.65. The second-order valence-corrected chi connectivity index (χ2v) is 2.48. The molecule has 0 amide bonds. The summed E-state index contributed by atoms with van der Waals surface area (Å²) in [5.74, 6) is 0.874. The van der Waals surface area contributed by atoms with E-state index < -0.39 is 0 Å². The van der Waals surface area contributed by atoms with Gasteiger partial charge in [0.2, 0.25) is 0 Å². The van der Waals surface area contributed by atoms with Crippen LogP contribution in [0.5, 0.6) is 0 Å². The third-order valence-electron chi connectivity index (χ3n) is 1.79. The first-order valence-electron chi connectivity index (χ1n) is 4.19. The van der Waals surface area contributed by atoms with Crippen molar-refractivity contribution in [3.05, 3.63) is 0 Å². The van der Waals surface area contributed by atoms with Crippen LogP contribution in [-0.2, 0) is 0 Å². The summed E-state index contributed by atoms with van der Waals surface area (Å²) < 4.78 is 0. The van der Waals surface area contributed by atoms with Gasteiger partial charge in [0.25, 0.3) is 0 Å². The van der Waals surface area contributed by atoms with Crippen LogP contribution in [0.4, 0.5) is 0 Å². The van der Waals surface area contributed by atoms with Crippen molar-refractivity contribution < 1.29 is 0 Å². The largest absolute Gasteiger partial charge is 0.359 e. The van der Waals surface area contributed by atoms with Gasteiger partial charge in [-0.1, -0.05) is 13.8 Å². The summed E-state index contributed by atoms with van der Waals surface area (Å²) in [6.45, 7) is 4.34. The van der Waals surface area contributed by atoms with Gasteiger partial charge in [-0.25, -0.2) is 0 Å². The van der Waals surface area contributed by atoms with Crippen LogP contribution in [0.15, 0.2) is 4.99 Å². The second kappa shape index (κ2) is 6.01. The molecule has 3 nitrogen and oxygen atoms in total. The normalized spacial score (nSPS) is 11.9. The average Bonchev–Trinajstić information content (AvgIpc) is 2.07. The van der Waals surface area contributed by atoms with Crippen LogP contribution in [0.25, 0.3) is 0 Å². The molecule has 66 valence electrons. The Balaban J connectivity index is 3.78. The molecule has 0 aliphatic heterocycles. The molecule has 0 atom stereocenters. The molecule has 0 spiro atoms. The summed E-state index contributed by atoms with van der Waals surface area (Å²) in [4.78, 5) is 4.04. The number of nitrogens with zero attached hydrogens (tertiary/aromatic N) is 1. The van der Waals surface area contributed by atoms with E-state index >= 15 is 0 Å². The smallest absolute Gasteiger partial charge is 0.190 e. The molecular weight excluding hydrogens is 138 g/mol. The first-order chi connectivity index (χ1) is 5.28. The zero-order valence-corrected chi connectivity index (χ0v) is 7.94. The highest BCUT2D eigenvalue weighted by Gasteiger charge is 2.02. The maximum absolute atomic E-state index is 4.04. The lowest BCUT2D eigenvalue weighted by Crippen LogP contribution is -2.41. The number of nitrogens with one attached hydrogen (secondary N) is 2. The van der Waals surface area contributed by atoms with Crippen LogP contribution in [0, 0.1) is 0 Å². The van der Waals surface area contributed by atoms with Crippen LogP contribution >= 0.6 is 0 Å². The average molecular weight is 157 g/mol. The lowest BCUT2D eigenvalue weighted by molar-refractivity contribution is 0.562. The maximum atomic E-state index is 4.04. The molecule has 0 rings (SSSR count). The molecule has 11 heavy (non-hydrogen) atoms. The van der Waals surface area contributed by atoms with E-state index in [0.29, 0.717) is 6.04 Å². The topological polar surface area (TPSA) is 36.4 Å². The van der Waals surface area contributed by atoms with E-state index in [1.165, 1.54) is 0 Å². The quantitative estimate of drug-likeness (QED) is 0.473. The molecule has 3 heteroatoms. The van der Waals surface area contributed by atoms with Crippen molar-refractivity contribution in [2.24, 2.45) is 4.99 Å². The van der Waals surface area contributed by atoms with E-state index in [0.717, 1.165) is 18.8 Å². The highest BCUT2D eigenvalue weighted by Crippen LogP contribution is 1.94. The van der Waals surface area contributed by atoms with Crippen LogP contribution in [0.3, 0.4) is 0 Å². The van der Waals surface area contributed by atoms with E-state index in [4.69, 9.17) is 0 Å². The summed E-state index contributed by atoms with van der Waals surface area (Å²) in [6.07, 6.45) is 2.27. The maximum Gasteiger partial charge on any atom is 0.190 e. The van der Waals surface area contributed by atoms with Gasteiger partial charge < -0.3 is 10.6 Å². The second-order valence-electron chi connectivity index (χ2n) is 2.48. The van der Waals surface area contributed by atoms with Crippen LogP contribution < -0.4 is 10.6 Å². The van der Waals surface area contributed by atoms with Gasteiger partial charge in [0.1, 0.15) is 0 Å². The van der Waals surface area contributed by atoms with Gasteiger partial charge in [0, 0.05) is 20.1 Å². The number of guanidine groups is 1. The number of aliphatic imine (C=N–C) groups is 1. The molecule has 0 radical (unpaired) electrons. The van der Waals surface area contributed by atoms with Crippen molar-refractivity contribution in [3.8, 4) is 0 Å². The van der Waals surface area contributed by atoms with Gasteiger partial charge in [-0.15, -0.1) is 0 Å². The molecule has 0 aromatic rings. The fourth-order valence-corrected chi connectivity index (χ4v) is 0.935. The minimum atomic E-state index is 0.543. The van der Waals surface area contributed by atoms with Gasteiger partial charge in [-0.2, -0.15) is 0 Å². The molecule has 0 aromatic heterocycles. The van der Waals surface area contributed by atoms with E-state index in [9.17, 15) is 0 Å². The highest BCUT2D eigenvalue weighted by molar-refractivity contribution is 5.79. The third-order valence-corrected chi connectivity index (χ3v) is 1.79. The molecule has 0 aliphatic rings. The number of hydrogen-bond acceptors (Lipinski definition) is 1. The Labute approximate surface area is 69.3 Å². The van der Waals surface area contributed by atoms with Gasteiger partial charge in [-0.05, 0) is 12.8 Å². The molecule has 0 fully saturated rings. The van der Waals surface area contributed by atoms with Crippen molar-refractivity contribution in [3.63, 3.8) is 0 Å². The zero-order chi connectivity index (χ0) is 8.69. The first kappa shape index (κ1) is 10.3. The van der Waals surface area contributed by atoms with Gasteiger partial charge in [0.05, 0.1) is 0 Å². The highest BCUT2D eigenvalue weighted by atomic mass is 15.2. The predicted molar refractivity (Wildman–Crippen MR) is 49.9 cm³/mol. The fraction of sp³-hybridized carbons (Fsp3) is 0.875. The van der Waals surface area contributed by atoms with Crippen molar-refractivity contribution in [2.45, 2.75) is 32.7 Å². The molecule has 0 heterocycles. The first-order valence-corrected chi connectivity index (χ1v) is 4.19. The Morgan fingerprint density at radius 2 is 1.91 bits per heavy atom. The Bertz CT molecular complexity index is 117. The van der Waals surface area contributed by atoms with Gasteiger partial charge in [-0.3, -0.25) is 4.99 Å². The third kappa shape index (κ3) is 3.86. The molecule has 0 aromatic carbocycles. The standard InChI is InChI=1S/C8H19N3/c1-5-7(6-2)11-8(9-3)10-4/h7H,5-6H2,1-4H3,(H2,9,10,11). The minimum Gasteiger partial charge on any atom is -0.359 e. The van der Waals surface area contributed by atoms with Gasteiger partial charge in [0.15, 0.2) is 5.96 Å². The molecular formula is C8H19N3. The Hall–Kier alpha value is -0.730. The summed E-state index contributed by atoms with van der Waals surface area (Å²) in [5.41, 5.74) is 0. The van der Waals surface area contributed by atoms with Gasteiger partial charge >= 0.3 is 0 Å². The van der Waals surface area contributed by atoms with Crippen molar-refractivity contribution in [2.75, 3.05) is 14.1 Å². The predicted octanol–water partition coefficient (Wildman–Crippen LogP) is 0.970. The van der Waals surface area contributed by atoms with E-state index in [1.807, 2.05) is 7.05 Å². The van der Waals surface area contributed by atoms with E-state index in [1.54, 1.807) is 7.05 Å². The van der Waals surface area contributed by atoms with Crippen LogP contribution in [-0.4, -0.2) is 26.1 Å². The Kier molecular flexibility index (Phi) is 5.61.